The van der Waals surface area contributed by atoms with Gasteiger partial charge in [-0.3, -0.25) is 10.1 Å². The summed E-state index contributed by atoms with van der Waals surface area (Å²) in [7, 11) is -4.37. The minimum absolute atomic E-state index is 0.0939. The highest BCUT2D eigenvalue weighted by Gasteiger charge is 2.20. The summed E-state index contributed by atoms with van der Waals surface area (Å²) >= 11 is 0. The monoisotopic (exact) mass is 594 g/mol. The highest BCUT2D eigenvalue weighted by molar-refractivity contribution is 6.50. The lowest BCUT2D eigenvalue weighted by molar-refractivity contribution is -0.400. The van der Waals surface area contributed by atoms with Crippen LogP contribution in [0, 0.1) is 17.0 Å². The van der Waals surface area contributed by atoms with Crippen molar-refractivity contribution < 1.29 is 45.9 Å². The number of nitro groups is 1. The van der Waals surface area contributed by atoms with E-state index in [1.807, 2.05) is 49.4 Å². The Bertz CT molecular complexity index is 1820. The number of rotatable bonds is 6. The Morgan fingerprint density at radius 2 is 1.47 bits per heavy atom. The second kappa shape index (κ2) is 13.0. The van der Waals surface area contributed by atoms with E-state index in [0.29, 0.717) is 11.5 Å². The molecule has 0 bridgehead atoms. The van der Waals surface area contributed by atoms with Gasteiger partial charge in [0.05, 0.1) is 29.0 Å². The molecule has 8 nitrogen and oxygen atoms in total. The number of hydrogen-bond acceptors (Lipinski definition) is 6. The van der Waals surface area contributed by atoms with Crippen LogP contribution in [0.15, 0.2) is 101 Å². The van der Waals surface area contributed by atoms with E-state index < -0.39 is 18.1 Å². The van der Waals surface area contributed by atoms with E-state index in [1.165, 1.54) is 24.3 Å². The van der Waals surface area contributed by atoms with Crippen LogP contribution in [0.25, 0.3) is 22.3 Å². The van der Waals surface area contributed by atoms with E-state index in [2.05, 4.69) is 11.1 Å². The van der Waals surface area contributed by atoms with E-state index in [-0.39, 0.29) is 11.3 Å². The predicted octanol–water partition coefficient (Wildman–Crippen LogP) is 6.16. The topological polar surface area (TPSA) is 106 Å². The normalized spacial score (nSPS) is 11.4. The van der Waals surface area contributed by atoms with Gasteiger partial charge in [-0.1, -0.05) is 11.6 Å². The van der Waals surface area contributed by atoms with E-state index in [4.69, 9.17) is 13.9 Å². The predicted molar refractivity (Wildman–Crippen MR) is 151 cm³/mol. The molecule has 0 spiro atoms. The molecule has 0 atom stereocenters. The van der Waals surface area contributed by atoms with Crippen LogP contribution in [-0.4, -0.2) is 25.3 Å². The number of non-ortho nitro benzene ring substituents is 1. The van der Waals surface area contributed by atoms with Crippen LogP contribution in [0.5, 0.6) is 11.5 Å². The first-order chi connectivity index (χ1) is 20.4. The van der Waals surface area contributed by atoms with Gasteiger partial charge in [-0.2, -0.15) is 0 Å². The number of esters is 1. The number of carbonyl (C=O) groups excluding carboxylic acids is 1. The molecule has 0 saturated carbocycles. The fraction of sp³-hybridized carbons (Fsp3) is 0.0667. The number of aryl methyl sites for hydroxylation is 1. The number of carbonyl (C=O) groups is 1. The lowest BCUT2D eigenvalue weighted by Crippen LogP contribution is -2.70. The maximum absolute atomic E-state index is 12.4. The third-order valence-electron chi connectivity index (χ3n) is 5.95. The minimum atomic E-state index is -6.00. The summed E-state index contributed by atoms with van der Waals surface area (Å²) in [5.74, 6) is 1.20. The average Bonchev–Trinajstić information content (AvgIpc) is 2.97. The fourth-order valence-corrected chi connectivity index (χ4v) is 3.95. The largest absolute Gasteiger partial charge is 0.673 e. The van der Waals surface area contributed by atoms with E-state index in [1.54, 1.807) is 31.4 Å². The quantitative estimate of drug-likeness (QED) is 0.0631. The molecule has 1 aromatic heterocycles. The first-order valence-corrected chi connectivity index (χ1v) is 12.6. The number of hydrogen-bond donors (Lipinski definition) is 1. The van der Waals surface area contributed by atoms with Crippen molar-refractivity contribution in [2.75, 3.05) is 7.11 Å². The molecule has 0 radical (unpaired) electrons. The minimum Gasteiger partial charge on any atom is -0.497 e. The number of halogens is 4. The number of fused-ring (bicyclic) bond motifs is 1. The first-order valence-electron chi connectivity index (χ1n) is 12.6. The van der Waals surface area contributed by atoms with Crippen molar-refractivity contribution >= 4 is 35.6 Å². The highest BCUT2D eigenvalue weighted by atomic mass is 19.5. The van der Waals surface area contributed by atoms with Gasteiger partial charge in [-0.05, 0) is 67.6 Å². The van der Waals surface area contributed by atoms with Crippen LogP contribution in [0.3, 0.4) is 0 Å². The summed E-state index contributed by atoms with van der Waals surface area (Å²) in [6.07, 6.45) is 0. The molecule has 0 fully saturated rings. The summed E-state index contributed by atoms with van der Waals surface area (Å²) in [5, 5.41) is 12.6. The van der Waals surface area contributed by atoms with Gasteiger partial charge in [0.25, 0.3) is 5.69 Å². The summed E-state index contributed by atoms with van der Waals surface area (Å²) < 4.78 is 55.9. The maximum atomic E-state index is 12.4. The van der Waals surface area contributed by atoms with Crippen molar-refractivity contribution in [2.24, 2.45) is 0 Å². The second-order valence-electron chi connectivity index (χ2n) is 9.09. The van der Waals surface area contributed by atoms with Gasteiger partial charge in [0, 0.05) is 29.8 Å². The summed E-state index contributed by atoms with van der Waals surface area (Å²) in [5.41, 5.74) is 3.66. The molecule has 43 heavy (non-hydrogen) atoms. The number of nitrogens with zero attached hydrogens (tertiary/aromatic N) is 1. The number of ether oxygens (including phenoxy) is 2. The standard InChI is InChI=1S/C30H22N2O6.BF4/c1-19-3-16-28-26(17-19)27(18-29(38-28)20-6-12-24(36-2)13-7-20)31-22-8-14-25(15-9-22)37-30(33)21-4-10-23(11-5-21)32(34)35;2-1(3,4)5/h3-18H,1-2H3;/q;-1/p+1. The Morgan fingerprint density at radius 1 is 0.860 bits per heavy atom. The van der Waals surface area contributed by atoms with Gasteiger partial charge < -0.3 is 31.2 Å². The molecular formula is C30H23BF4N2O6. The van der Waals surface area contributed by atoms with Crippen molar-refractivity contribution in [1.29, 1.82) is 0 Å². The van der Waals surface area contributed by atoms with Gasteiger partial charge in [0.15, 0.2) is 0 Å². The van der Waals surface area contributed by atoms with Gasteiger partial charge in [-0.25, -0.2) is 9.79 Å². The Labute approximate surface area is 242 Å². The summed E-state index contributed by atoms with van der Waals surface area (Å²) in [6.45, 7) is 2.02. The number of nitrogens with one attached hydrogen (secondary N) is 1. The van der Waals surface area contributed by atoms with E-state index in [9.17, 15) is 32.2 Å². The molecule has 0 unspecified atom stereocenters. The molecule has 0 saturated heterocycles. The molecule has 220 valence electrons. The van der Waals surface area contributed by atoms with Gasteiger partial charge in [-0.15, -0.1) is 0 Å². The third kappa shape index (κ3) is 8.52. The highest BCUT2D eigenvalue weighted by Crippen LogP contribution is 2.24. The van der Waals surface area contributed by atoms with Gasteiger partial charge in [0.1, 0.15) is 22.8 Å². The smallest absolute Gasteiger partial charge is 0.497 e. The number of nitro benzene ring substituents is 1. The van der Waals surface area contributed by atoms with Crippen LogP contribution in [0.2, 0.25) is 0 Å². The Hall–Kier alpha value is -5.46. The second-order valence-corrected chi connectivity index (χ2v) is 9.09. The van der Waals surface area contributed by atoms with Crippen LogP contribution >= 0.6 is 0 Å². The maximum Gasteiger partial charge on any atom is 0.673 e. The van der Waals surface area contributed by atoms with Gasteiger partial charge in [0.2, 0.25) is 11.0 Å². The third-order valence-corrected chi connectivity index (χ3v) is 5.95. The fourth-order valence-electron chi connectivity index (χ4n) is 3.95. The Morgan fingerprint density at radius 3 is 2.05 bits per heavy atom. The zero-order valence-corrected chi connectivity index (χ0v) is 22.7. The molecule has 0 aliphatic carbocycles. The molecule has 1 heterocycles. The molecular weight excluding hydrogens is 571 g/mol. The molecule has 13 heteroatoms. The molecule has 5 rings (SSSR count). The van der Waals surface area contributed by atoms with Crippen molar-refractivity contribution in [3.05, 3.63) is 124 Å². The van der Waals surface area contributed by atoms with Crippen LogP contribution in [0.4, 0.5) is 28.6 Å². The lowest BCUT2D eigenvalue weighted by Gasteiger charge is -2.05. The Balaban J connectivity index is 0.000000782. The zero-order valence-electron chi connectivity index (χ0n) is 22.7. The number of benzene rings is 4. The zero-order chi connectivity index (χ0) is 31.1. The van der Waals surface area contributed by atoms with Gasteiger partial charge >= 0.3 is 13.2 Å². The van der Waals surface area contributed by atoms with Crippen LogP contribution < -0.4 is 19.8 Å². The van der Waals surface area contributed by atoms with Crippen molar-refractivity contribution in [3.63, 3.8) is 0 Å². The summed E-state index contributed by atoms with van der Waals surface area (Å²) in [6, 6.07) is 27.8. The van der Waals surface area contributed by atoms with E-state index in [0.717, 1.165) is 38.9 Å². The number of methoxy groups -OCH3 is 1. The Kier molecular flexibility index (Phi) is 9.24. The average molecular weight is 594 g/mol. The van der Waals surface area contributed by atoms with Crippen molar-refractivity contribution in [3.8, 4) is 22.8 Å². The molecule has 1 N–H and O–H groups in total. The SMILES string of the molecule is COc1ccc(-c2cc(=[NH+]c3ccc(OC(=O)c4ccc([N+](=O)[O-])cc4)cc3)c3cc(C)ccc3o2)cc1.F[B-](F)(F)F. The molecule has 0 aliphatic heterocycles. The van der Waals surface area contributed by atoms with Crippen LogP contribution in [-0.2, 0) is 0 Å². The lowest BCUT2D eigenvalue weighted by atomic mass is 10.1. The molecule has 0 aliphatic rings. The van der Waals surface area contributed by atoms with Crippen molar-refractivity contribution in [2.45, 2.75) is 6.92 Å². The first kappa shape index (κ1) is 30.5. The molecule has 0 amide bonds. The summed E-state index contributed by atoms with van der Waals surface area (Å²) in [4.78, 5) is 26.2. The molecule has 4 aromatic carbocycles. The van der Waals surface area contributed by atoms with E-state index >= 15 is 0 Å². The van der Waals surface area contributed by atoms with Crippen molar-refractivity contribution in [1.82, 2.24) is 0 Å². The molecule has 5 aromatic rings. The van der Waals surface area contributed by atoms with Crippen LogP contribution in [0.1, 0.15) is 15.9 Å².